The van der Waals surface area contributed by atoms with Gasteiger partial charge >= 0.3 is 0 Å². The molecule has 0 saturated heterocycles. The zero-order chi connectivity index (χ0) is 30.3. The maximum atomic E-state index is 14.0. The molecule has 0 saturated carbocycles. The number of rotatable bonds is 12. The van der Waals surface area contributed by atoms with Crippen LogP contribution in [0.2, 0.25) is 0 Å². The second kappa shape index (κ2) is 13.5. The molecule has 0 unspecified atom stereocenters. The number of sulfonamides is 1. The van der Waals surface area contributed by atoms with Crippen molar-refractivity contribution in [1.29, 1.82) is 0 Å². The first-order chi connectivity index (χ1) is 19.4. The second-order valence-corrected chi connectivity index (χ2v) is 12.1. The van der Waals surface area contributed by atoms with Crippen LogP contribution in [0.15, 0.2) is 71.6 Å². The summed E-state index contributed by atoms with van der Waals surface area (Å²) in [5.74, 6) is -0.151. The first-order valence-corrected chi connectivity index (χ1v) is 14.8. The van der Waals surface area contributed by atoms with E-state index in [4.69, 9.17) is 9.47 Å². The highest BCUT2D eigenvalue weighted by atomic mass is 32.2. The molecule has 0 aliphatic carbocycles. The van der Waals surface area contributed by atoms with Crippen molar-refractivity contribution < 1.29 is 27.5 Å². The number of benzene rings is 3. The first-order valence-electron chi connectivity index (χ1n) is 13.3. The Kier molecular flexibility index (Phi) is 10.4. The van der Waals surface area contributed by atoms with E-state index in [0.29, 0.717) is 11.5 Å². The zero-order valence-electron chi connectivity index (χ0n) is 24.7. The minimum absolute atomic E-state index is 0.0292. The molecule has 0 heterocycles. The number of ether oxygens (including phenoxy) is 2. The fourth-order valence-corrected chi connectivity index (χ4v) is 5.75. The average molecular weight is 582 g/mol. The van der Waals surface area contributed by atoms with Gasteiger partial charge in [0, 0.05) is 18.7 Å². The number of anilines is 1. The standard InChI is InChI=1S/C31H39N3O6S/c1-21(2)32-31(36)24(5)33(19-25-10-8-9-23(4)17-25)30(35)20-34(26-13-16-28(39-6)29(18-26)40-7)41(37,38)27-14-11-22(3)12-15-27/h8-18,21,24H,19-20H2,1-7H3,(H,32,36)/t24-/m0/s1. The van der Waals surface area contributed by atoms with Gasteiger partial charge in [-0.2, -0.15) is 0 Å². The van der Waals surface area contributed by atoms with Gasteiger partial charge in [0.2, 0.25) is 11.8 Å². The SMILES string of the molecule is COc1ccc(N(CC(=O)N(Cc2cccc(C)c2)[C@@H](C)C(=O)NC(C)C)S(=O)(=O)c2ccc(C)cc2)cc1OC. The normalized spacial score (nSPS) is 12.0. The van der Waals surface area contributed by atoms with Gasteiger partial charge in [0.15, 0.2) is 11.5 Å². The summed E-state index contributed by atoms with van der Waals surface area (Å²) in [5.41, 5.74) is 2.93. The van der Waals surface area contributed by atoms with E-state index >= 15 is 0 Å². The number of aryl methyl sites for hydroxylation is 2. The van der Waals surface area contributed by atoms with E-state index in [1.807, 2.05) is 52.0 Å². The van der Waals surface area contributed by atoms with Crippen LogP contribution >= 0.6 is 0 Å². The highest BCUT2D eigenvalue weighted by Gasteiger charge is 2.33. The van der Waals surface area contributed by atoms with E-state index in [2.05, 4.69) is 5.32 Å². The Morgan fingerprint density at radius 1 is 0.854 bits per heavy atom. The number of nitrogens with one attached hydrogen (secondary N) is 1. The molecule has 3 rings (SSSR count). The number of carbonyl (C=O) groups excluding carboxylic acids is 2. The quantitative estimate of drug-likeness (QED) is 0.339. The molecule has 0 spiro atoms. The molecule has 1 atom stereocenters. The Morgan fingerprint density at radius 3 is 2.10 bits per heavy atom. The molecule has 0 bridgehead atoms. The van der Waals surface area contributed by atoms with E-state index in [-0.39, 0.29) is 29.1 Å². The summed E-state index contributed by atoms with van der Waals surface area (Å²) >= 11 is 0. The van der Waals surface area contributed by atoms with Gasteiger partial charge in [-0.15, -0.1) is 0 Å². The number of carbonyl (C=O) groups is 2. The van der Waals surface area contributed by atoms with Crippen LogP contribution in [0.4, 0.5) is 5.69 Å². The molecule has 0 aliphatic rings. The average Bonchev–Trinajstić information content (AvgIpc) is 2.93. The van der Waals surface area contributed by atoms with Crippen molar-refractivity contribution in [2.24, 2.45) is 0 Å². The van der Waals surface area contributed by atoms with Crippen molar-refractivity contribution in [3.05, 3.63) is 83.4 Å². The predicted octanol–water partition coefficient (Wildman–Crippen LogP) is 4.46. The summed E-state index contributed by atoms with van der Waals surface area (Å²) < 4.78 is 39.8. The maximum Gasteiger partial charge on any atom is 0.264 e. The third kappa shape index (κ3) is 7.79. The molecule has 0 aliphatic heterocycles. The lowest BCUT2D eigenvalue weighted by Crippen LogP contribution is -2.52. The monoisotopic (exact) mass is 581 g/mol. The number of amides is 2. The molecule has 220 valence electrons. The van der Waals surface area contributed by atoms with Crippen molar-refractivity contribution in [2.45, 2.75) is 58.1 Å². The highest BCUT2D eigenvalue weighted by Crippen LogP contribution is 2.34. The largest absolute Gasteiger partial charge is 0.493 e. The molecule has 41 heavy (non-hydrogen) atoms. The molecule has 0 radical (unpaired) electrons. The first kappa shape index (κ1) is 31.5. The van der Waals surface area contributed by atoms with E-state index in [9.17, 15) is 18.0 Å². The summed E-state index contributed by atoms with van der Waals surface area (Å²) in [6.07, 6.45) is 0. The van der Waals surface area contributed by atoms with Crippen LogP contribution in [0, 0.1) is 13.8 Å². The molecular weight excluding hydrogens is 542 g/mol. The summed E-state index contributed by atoms with van der Waals surface area (Å²) in [6.45, 7) is 8.69. The van der Waals surface area contributed by atoms with Crippen molar-refractivity contribution in [1.82, 2.24) is 10.2 Å². The van der Waals surface area contributed by atoms with Crippen LogP contribution in [0.5, 0.6) is 11.5 Å². The number of methoxy groups -OCH3 is 2. The molecule has 0 fully saturated rings. The Balaban J connectivity index is 2.09. The van der Waals surface area contributed by atoms with E-state index in [0.717, 1.165) is 21.0 Å². The van der Waals surface area contributed by atoms with Gasteiger partial charge in [0.25, 0.3) is 10.0 Å². The molecule has 3 aromatic carbocycles. The fraction of sp³-hybridized carbons (Fsp3) is 0.355. The van der Waals surface area contributed by atoms with Gasteiger partial charge < -0.3 is 19.7 Å². The van der Waals surface area contributed by atoms with Crippen LogP contribution < -0.4 is 19.1 Å². The minimum Gasteiger partial charge on any atom is -0.493 e. The maximum absolute atomic E-state index is 14.0. The van der Waals surface area contributed by atoms with Gasteiger partial charge in [0.1, 0.15) is 12.6 Å². The van der Waals surface area contributed by atoms with Crippen molar-refractivity contribution in [3.8, 4) is 11.5 Å². The van der Waals surface area contributed by atoms with E-state index in [1.165, 1.54) is 37.3 Å². The van der Waals surface area contributed by atoms with E-state index in [1.54, 1.807) is 31.2 Å². The lowest BCUT2D eigenvalue weighted by Gasteiger charge is -2.32. The third-order valence-corrected chi connectivity index (χ3v) is 8.36. The number of nitrogens with zero attached hydrogens (tertiary/aromatic N) is 2. The summed E-state index contributed by atoms with van der Waals surface area (Å²) in [7, 11) is -1.27. The number of hydrogen-bond donors (Lipinski definition) is 1. The van der Waals surface area contributed by atoms with Crippen molar-refractivity contribution in [2.75, 3.05) is 25.1 Å². The van der Waals surface area contributed by atoms with Crippen LogP contribution in [0.3, 0.4) is 0 Å². The zero-order valence-corrected chi connectivity index (χ0v) is 25.5. The van der Waals surface area contributed by atoms with Gasteiger partial charge in [-0.3, -0.25) is 13.9 Å². The van der Waals surface area contributed by atoms with E-state index < -0.39 is 28.5 Å². The molecule has 1 N–H and O–H groups in total. The van der Waals surface area contributed by atoms with Gasteiger partial charge in [0.05, 0.1) is 24.8 Å². The topological polar surface area (TPSA) is 105 Å². The molecule has 9 nitrogen and oxygen atoms in total. The smallest absolute Gasteiger partial charge is 0.264 e. The highest BCUT2D eigenvalue weighted by molar-refractivity contribution is 7.92. The second-order valence-electron chi connectivity index (χ2n) is 10.2. The van der Waals surface area contributed by atoms with Gasteiger partial charge in [-0.25, -0.2) is 8.42 Å². The predicted molar refractivity (Wildman–Crippen MR) is 160 cm³/mol. The van der Waals surface area contributed by atoms with Crippen LogP contribution in [0.25, 0.3) is 0 Å². The molecular formula is C31H39N3O6S. The Labute approximate surface area is 243 Å². The molecule has 2 amide bonds. The van der Waals surface area contributed by atoms with Crippen molar-refractivity contribution >= 4 is 27.5 Å². The minimum atomic E-state index is -4.20. The van der Waals surface area contributed by atoms with Gasteiger partial charge in [-0.1, -0.05) is 47.5 Å². The lowest BCUT2D eigenvalue weighted by atomic mass is 10.1. The number of hydrogen-bond acceptors (Lipinski definition) is 6. The molecule has 3 aromatic rings. The molecule has 10 heteroatoms. The Morgan fingerprint density at radius 2 is 1.51 bits per heavy atom. The van der Waals surface area contributed by atoms with Crippen LogP contribution in [-0.4, -0.2) is 58.0 Å². The third-order valence-electron chi connectivity index (χ3n) is 6.58. The van der Waals surface area contributed by atoms with Crippen LogP contribution in [-0.2, 0) is 26.2 Å². The van der Waals surface area contributed by atoms with Crippen molar-refractivity contribution in [3.63, 3.8) is 0 Å². The lowest BCUT2D eigenvalue weighted by molar-refractivity contribution is -0.139. The summed E-state index contributed by atoms with van der Waals surface area (Å²) in [4.78, 5) is 28.5. The summed E-state index contributed by atoms with van der Waals surface area (Å²) in [5, 5.41) is 2.85. The Hall–Kier alpha value is -4.05. The van der Waals surface area contributed by atoms with Crippen LogP contribution in [0.1, 0.15) is 37.5 Å². The van der Waals surface area contributed by atoms with Gasteiger partial charge in [-0.05, 0) is 64.4 Å². The fourth-order valence-electron chi connectivity index (χ4n) is 4.34. The summed E-state index contributed by atoms with van der Waals surface area (Å²) in [6, 6.07) is 17.7. The molecule has 0 aromatic heterocycles. The Bertz CT molecular complexity index is 1470.